The van der Waals surface area contributed by atoms with Crippen LogP contribution in [0.4, 0.5) is 0 Å². The zero-order valence-corrected chi connectivity index (χ0v) is 10.7. The Morgan fingerprint density at radius 3 is 2.53 bits per heavy atom. The van der Waals surface area contributed by atoms with Gasteiger partial charge < -0.3 is 0 Å². The van der Waals surface area contributed by atoms with E-state index in [1.165, 1.54) is 5.56 Å². The molecule has 0 N–H and O–H groups in total. The summed E-state index contributed by atoms with van der Waals surface area (Å²) in [5.41, 5.74) is 2.14. The predicted octanol–water partition coefficient (Wildman–Crippen LogP) is 3.30. The van der Waals surface area contributed by atoms with Gasteiger partial charge in [-0.05, 0) is 43.1 Å². The monoisotopic (exact) mass is 285 g/mol. The van der Waals surface area contributed by atoms with Crippen molar-refractivity contribution >= 4 is 27.5 Å². The van der Waals surface area contributed by atoms with E-state index in [1.54, 1.807) is 4.57 Å². The number of halogens is 2. The van der Waals surface area contributed by atoms with Crippen LogP contribution in [0.5, 0.6) is 0 Å². The van der Waals surface area contributed by atoms with Gasteiger partial charge in [0.25, 0.3) is 0 Å². The number of benzene rings is 1. The molecule has 0 fully saturated rings. The Morgan fingerprint density at radius 2 is 2.00 bits per heavy atom. The highest BCUT2D eigenvalue weighted by Gasteiger charge is 2.08. The zero-order valence-electron chi connectivity index (χ0n) is 8.33. The van der Waals surface area contributed by atoms with Crippen LogP contribution in [-0.4, -0.2) is 14.8 Å². The molecule has 0 atom stereocenters. The van der Waals surface area contributed by atoms with Gasteiger partial charge >= 0.3 is 0 Å². The Balaban J connectivity index is 2.59. The smallest absolute Gasteiger partial charge is 0.229 e. The van der Waals surface area contributed by atoms with Crippen molar-refractivity contribution in [3.05, 3.63) is 39.3 Å². The highest BCUT2D eigenvalue weighted by atomic mass is 79.9. The molecule has 1 aromatic heterocycles. The van der Waals surface area contributed by atoms with Crippen molar-refractivity contribution < 1.29 is 0 Å². The summed E-state index contributed by atoms with van der Waals surface area (Å²) in [5.74, 6) is 0.774. The molecular weight excluding hydrogens is 277 g/mol. The highest BCUT2D eigenvalue weighted by Crippen LogP contribution is 2.22. The van der Waals surface area contributed by atoms with Crippen LogP contribution >= 0.6 is 27.5 Å². The molecule has 3 nitrogen and oxygen atoms in total. The molecule has 0 unspecified atom stereocenters. The van der Waals surface area contributed by atoms with Gasteiger partial charge in [-0.3, -0.25) is 4.57 Å². The van der Waals surface area contributed by atoms with E-state index < -0.39 is 0 Å². The van der Waals surface area contributed by atoms with Gasteiger partial charge in [-0.15, -0.1) is 10.2 Å². The van der Waals surface area contributed by atoms with Crippen molar-refractivity contribution in [3.8, 4) is 5.69 Å². The number of aromatic nitrogens is 3. The molecule has 0 aliphatic heterocycles. The van der Waals surface area contributed by atoms with Crippen molar-refractivity contribution in [2.75, 3.05) is 0 Å². The van der Waals surface area contributed by atoms with Crippen LogP contribution in [-0.2, 0) is 0 Å². The zero-order chi connectivity index (χ0) is 11.0. The van der Waals surface area contributed by atoms with Gasteiger partial charge in [-0.1, -0.05) is 22.0 Å². The Bertz CT molecular complexity index is 488. The highest BCUT2D eigenvalue weighted by molar-refractivity contribution is 9.10. The SMILES string of the molecule is Cc1ccc(-n2c(C)nnc2Cl)cc1Br. The van der Waals surface area contributed by atoms with E-state index in [1.807, 2.05) is 32.0 Å². The minimum absolute atomic E-state index is 0.378. The van der Waals surface area contributed by atoms with Crippen LogP contribution in [0.25, 0.3) is 5.69 Å². The van der Waals surface area contributed by atoms with E-state index in [9.17, 15) is 0 Å². The number of nitrogens with zero attached hydrogens (tertiary/aromatic N) is 3. The lowest BCUT2D eigenvalue weighted by Crippen LogP contribution is -1.97. The van der Waals surface area contributed by atoms with Crippen LogP contribution < -0.4 is 0 Å². The quantitative estimate of drug-likeness (QED) is 0.805. The third-order valence-electron chi connectivity index (χ3n) is 2.20. The van der Waals surface area contributed by atoms with Crippen LogP contribution in [0.3, 0.4) is 0 Å². The average molecular weight is 287 g/mol. The van der Waals surface area contributed by atoms with Gasteiger partial charge in [0.15, 0.2) is 0 Å². The summed E-state index contributed by atoms with van der Waals surface area (Å²) in [6, 6.07) is 6.01. The van der Waals surface area contributed by atoms with Crippen LogP contribution in [0.15, 0.2) is 22.7 Å². The lowest BCUT2D eigenvalue weighted by molar-refractivity contribution is 0.968. The molecule has 0 spiro atoms. The number of hydrogen-bond acceptors (Lipinski definition) is 2. The summed E-state index contributed by atoms with van der Waals surface area (Å²) < 4.78 is 2.84. The average Bonchev–Trinajstić information content (AvgIpc) is 2.52. The first kappa shape index (κ1) is 10.6. The van der Waals surface area contributed by atoms with Gasteiger partial charge in [-0.2, -0.15) is 0 Å². The molecule has 0 aliphatic carbocycles. The van der Waals surface area contributed by atoms with Gasteiger partial charge in [-0.25, -0.2) is 0 Å². The molecule has 1 heterocycles. The molecule has 78 valence electrons. The Morgan fingerprint density at radius 1 is 1.27 bits per heavy atom. The molecule has 0 amide bonds. The molecule has 5 heteroatoms. The standard InChI is InChI=1S/C10H9BrClN3/c1-6-3-4-8(5-9(6)11)15-7(2)13-14-10(15)12/h3-5H,1-2H3. The number of aryl methyl sites for hydroxylation is 2. The summed E-state index contributed by atoms with van der Waals surface area (Å²) in [5, 5.41) is 8.10. The maximum absolute atomic E-state index is 5.95. The Labute approximate surface area is 101 Å². The Kier molecular flexibility index (Phi) is 2.80. The summed E-state index contributed by atoms with van der Waals surface area (Å²) in [4.78, 5) is 0. The lowest BCUT2D eigenvalue weighted by atomic mass is 10.2. The minimum atomic E-state index is 0.378. The van der Waals surface area contributed by atoms with E-state index in [-0.39, 0.29) is 0 Å². The minimum Gasteiger partial charge on any atom is -0.270 e. The van der Waals surface area contributed by atoms with E-state index in [4.69, 9.17) is 11.6 Å². The molecule has 15 heavy (non-hydrogen) atoms. The van der Waals surface area contributed by atoms with Crippen LogP contribution in [0.1, 0.15) is 11.4 Å². The van der Waals surface area contributed by atoms with Crippen LogP contribution in [0.2, 0.25) is 5.28 Å². The molecular formula is C10H9BrClN3. The molecule has 2 aromatic rings. The molecule has 0 aliphatic rings. The van der Waals surface area contributed by atoms with E-state index >= 15 is 0 Å². The number of rotatable bonds is 1. The van der Waals surface area contributed by atoms with Crippen molar-refractivity contribution in [2.24, 2.45) is 0 Å². The molecule has 2 rings (SSSR count). The van der Waals surface area contributed by atoms with Crippen molar-refractivity contribution in [2.45, 2.75) is 13.8 Å². The van der Waals surface area contributed by atoms with Gasteiger partial charge in [0.1, 0.15) is 5.82 Å². The van der Waals surface area contributed by atoms with Gasteiger partial charge in [0, 0.05) is 4.47 Å². The molecule has 0 bridgehead atoms. The first-order valence-electron chi connectivity index (χ1n) is 4.43. The molecule has 0 saturated heterocycles. The van der Waals surface area contributed by atoms with Gasteiger partial charge in [0.2, 0.25) is 5.28 Å². The van der Waals surface area contributed by atoms with Crippen molar-refractivity contribution in [3.63, 3.8) is 0 Å². The van der Waals surface area contributed by atoms with Crippen molar-refractivity contribution in [1.29, 1.82) is 0 Å². The lowest BCUT2D eigenvalue weighted by Gasteiger charge is -2.06. The maximum Gasteiger partial charge on any atom is 0.229 e. The predicted molar refractivity (Wildman–Crippen MR) is 63.5 cm³/mol. The third kappa shape index (κ3) is 1.92. The summed E-state index contributed by atoms with van der Waals surface area (Å²) in [7, 11) is 0. The van der Waals surface area contributed by atoms with Crippen molar-refractivity contribution in [1.82, 2.24) is 14.8 Å². The fraction of sp³-hybridized carbons (Fsp3) is 0.200. The molecule has 0 radical (unpaired) electrons. The third-order valence-corrected chi connectivity index (χ3v) is 3.30. The van der Waals surface area contributed by atoms with Crippen LogP contribution in [0, 0.1) is 13.8 Å². The summed E-state index contributed by atoms with van der Waals surface area (Å²) in [6.45, 7) is 3.90. The largest absolute Gasteiger partial charge is 0.270 e. The Hall–Kier alpha value is -0.870. The van der Waals surface area contributed by atoms with E-state index in [0.717, 1.165) is 16.0 Å². The first-order chi connectivity index (χ1) is 7.09. The first-order valence-corrected chi connectivity index (χ1v) is 5.60. The van der Waals surface area contributed by atoms with E-state index in [2.05, 4.69) is 26.1 Å². The number of hydrogen-bond donors (Lipinski definition) is 0. The summed E-state index contributed by atoms with van der Waals surface area (Å²) in [6.07, 6.45) is 0. The second-order valence-electron chi connectivity index (χ2n) is 3.29. The fourth-order valence-corrected chi connectivity index (χ4v) is 1.98. The second-order valence-corrected chi connectivity index (χ2v) is 4.48. The normalized spacial score (nSPS) is 10.7. The molecule has 0 saturated carbocycles. The topological polar surface area (TPSA) is 30.7 Å². The molecule has 1 aromatic carbocycles. The summed E-state index contributed by atoms with van der Waals surface area (Å²) >= 11 is 9.43. The second kappa shape index (κ2) is 3.94. The maximum atomic E-state index is 5.95. The van der Waals surface area contributed by atoms with E-state index in [0.29, 0.717) is 5.28 Å². The fourth-order valence-electron chi connectivity index (χ4n) is 1.35. The van der Waals surface area contributed by atoms with Gasteiger partial charge in [0.05, 0.1) is 5.69 Å².